The van der Waals surface area contributed by atoms with Crippen molar-refractivity contribution in [2.45, 2.75) is 59.6 Å². The first-order chi connectivity index (χ1) is 12.9. The van der Waals surface area contributed by atoms with E-state index >= 15 is 0 Å². The Morgan fingerprint density at radius 3 is 2.30 bits per heavy atom. The van der Waals surface area contributed by atoms with Gasteiger partial charge in [0.1, 0.15) is 11.5 Å². The third kappa shape index (κ3) is 5.25. The van der Waals surface area contributed by atoms with E-state index in [1.165, 1.54) is 0 Å². The molecular formula is C23H31NO3. The van der Waals surface area contributed by atoms with E-state index in [2.05, 4.69) is 18.3 Å². The fraction of sp³-hybridized carbons (Fsp3) is 0.435. The van der Waals surface area contributed by atoms with Gasteiger partial charge in [-0.25, -0.2) is 0 Å². The summed E-state index contributed by atoms with van der Waals surface area (Å²) in [5.74, 6) is 1.54. The van der Waals surface area contributed by atoms with Crippen LogP contribution < -0.4 is 14.8 Å². The van der Waals surface area contributed by atoms with Crippen molar-refractivity contribution in [1.82, 2.24) is 5.32 Å². The molecular weight excluding hydrogens is 338 g/mol. The number of methoxy groups -OCH3 is 1. The normalized spacial score (nSPS) is 13.0. The van der Waals surface area contributed by atoms with Gasteiger partial charge in [-0.1, -0.05) is 38.1 Å². The lowest BCUT2D eigenvalue weighted by Gasteiger charge is -2.23. The highest BCUT2D eigenvalue weighted by molar-refractivity contribution is 5.81. The van der Waals surface area contributed by atoms with E-state index in [1.54, 1.807) is 7.11 Å². The van der Waals surface area contributed by atoms with E-state index in [9.17, 15) is 4.79 Å². The van der Waals surface area contributed by atoms with Gasteiger partial charge in [0.05, 0.1) is 13.2 Å². The summed E-state index contributed by atoms with van der Waals surface area (Å²) in [5, 5.41) is 3.15. The Morgan fingerprint density at radius 1 is 0.963 bits per heavy atom. The second-order valence-corrected chi connectivity index (χ2v) is 6.98. The van der Waals surface area contributed by atoms with Crippen molar-refractivity contribution in [2.75, 3.05) is 7.11 Å². The number of ether oxygens (including phenoxy) is 2. The van der Waals surface area contributed by atoms with Gasteiger partial charge in [0.2, 0.25) is 0 Å². The third-order valence-corrected chi connectivity index (χ3v) is 4.82. The van der Waals surface area contributed by atoms with Crippen molar-refractivity contribution in [1.29, 1.82) is 0 Å². The van der Waals surface area contributed by atoms with Crippen LogP contribution in [0, 0.1) is 20.8 Å². The molecule has 0 aliphatic carbocycles. The van der Waals surface area contributed by atoms with Crippen molar-refractivity contribution in [3.63, 3.8) is 0 Å². The second kappa shape index (κ2) is 9.45. The molecule has 0 heterocycles. The summed E-state index contributed by atoms with van der Waals surface area (Å²) >= 11 is 0. The summed E-state index contributed by atoms with van der Waals surface area (Å²) in [6.07, 6.45) is 0.897. The van der Waals surface area contributed by atoms with Crippen LogP contribution in [0.1, 0.15) is 55.0 Å². The molecule has 0 radical (unpaired) electrons. The van der Waals surface area contributed by atoms with Crippen LogP contribution in [0.3, 0.4) is 0 Å². The fourth-order valence-corrected chi connectivity index (χ4v) is 3.11. The molecule has 0 saturated carbocycles. The molecule has 27 heavy (non-hydrogen) atoms. The standard InChI is InChI=1S/C23H31NO3/c1-7-19(18-11-12-21(26-6)17(5)14-18)24-23(25)20(8-2)27-22-13-15(3)9-10-16(22)4/h9-14,19-20H,7-8H2,1-6H3,(H,24,25)/t19-,20+/m0/s1. The molecule has 0 unspecified atom stereocenters. The number of nitrogens with one attached hydrogen (secondary N) is 1. The molecule has 0 aliphatic rings. The maximum absolute atomic E-state index is 12.9. The van der Waals surface area contributed by atoms with E-state index in [-0.39, 0.29) is 11.9 Å². The Morgan fingerprint density at radius 2 is 1.70 bits per heavy atom. The van der Waals surface area contributed by atoms with Gasteiger partial charge >= 0.3 is 0 Å². The monoisotopic (exact) mass is 369 g/mol. The highest BCUT2D eigenvalue weighted by Crippen LogP contribution is 2.25. The molecule has 2 atom stereocenters. The minimum absolute atomic E-state index is 0.0571. The molecule has 146 valence electrons. The van der Waals surface area contributed by atoms with Crippen LogP contribution in [0.4, 0.5) is 0 Å². The molecule has 2 aromatic carbocycles. The van der Waals surface area contributed by atoms with Gasteiger partial charge in [-0.2, -0.15) is 0 Å². The van der Waals surface area contributed by atoms with Crippen LogP contribution in [0.15, 0.2) is 36.4 Å². The number of amides is 1. The molecule has 0 aliphatic heterocycles. The van der Waals surface area contributed by atoms with Crippen LogP contribution in [0.2, 0.25) is 0 Å². The predicted molar refractivity (Wildman–Crippen MR) is 110 cm³/mol. The quantitative estimate of drug-likeness (QED) is 0.709. The van der Waals surface area contributed by atoms with Gasteiger partial charge < -0.3 is 14.8 Å². The lowest BCUT2D eigenvalue weighted by Crippen LogP contribution is -2.40. The number of hydrogen-bond acceptors (Lipinski definition) is 3. The maximum Gasteiger partial charge on any atom is 0.261 e. The highest BCUT2D eigenvalue weighted by Gasteiger charge is 2.23. The Hall–Kier alpha value is -2.49. The summed E-state index contributed by atoms with van der Waals surface area (Å²) in [6, 6.07) is 12.0. The van der Waals surface area contributed by atoms with E-state index in [0.717, 1.165) is 40.2 Å². The van der Waals surface area contributed by atoms with Gasteiger partial charge in [0, 0.05) is 0 Å². The average Bonchev–Trinajstić information content (AvgIpc) is 2.66. The molecule has 0 spiro atoms. The first kappa shape index (κ1) is 20.8. The predicted octanol–water partition coefficient (Wildman–Crippen LogP) is 5.05. The van der Waals surface area contributed by atoms with E-state index in [0.29, 0.717) is 6.42 Å². The molecule has 2 aromatic rings. The molecule has 0 fully saturated rings. The maximum atomic E-state index is 12.9. The van der Waals surface area contributed by atoms with Gasteiger partial charge in [-0.3, -0.25) is 4.79 Å². The van der Waals surface area contributed by atoms with Gasteiger partial charge in [-0.05, 0) is 68.0 Å². The Kier molecular flexibility index (Phi) is 7.28. The van der Waals surface area contributed by atoms with E-state index < -0.39 is 6.10 Å². The molecule has 1 amide bonds. The fourth-order valence-electron chi connectivity index (χ4n) is 3.11. The van der Waals surface area contributed by atoms with E-state index in [4.69, 9.17) is 9.47 Å². The van der Waals surface area contributed by atoms with Crippen LogP contribution in [-0.4, -0.2) is 19.1 Å². The molecule has 2 rings (SSSR count). The smallest absolute Gasteiger partial charge is 0.261 e. The second-order valence-electron chi connectivity index (χ2n) is 6.98. The minimum atomic E-state index is -0.515. The number of carbonyl (C=O) groups excluding carboxylic acids is 1. The topological polar surface area (TPSA) is 47.6 Å². The SMILES string of the molecule is CC[C@H](NC(=O)[C@@H](CC)Oc1cc(C)ccc1C)c1ccc(OC)c(C)c1. The zero-order chi connectivity index (χ0) is 20.0. The molecule has 0 saturated heterocycles. The highest BCUT2D eigenvalue weighted by atomic mass is 16.5. The Balaban J connectivity index is 2.14. The summed E-state index contributed by atoms with van der Waals surface area (Å²) in [6.45, 7) is 10.1. The summed E-state index contributed by atoms with van der Waals surface area (Å²) < 4.78 is 11.4. The number of hydrogen-bond donors (Lipinski definition) is 1. The molecule has 0 bridgehead atoms. The van der Waals surface area contributed by atoms with Gasteiger partial charge in [0.25, 0.3) is 5.91 Å². The summed E-state index contributed by atoms with van der Waals surface area (Å²) in [7, 11) is 1.66. The Bertz CT molecular complexity index is 785. The van der Waals surface area contributed by atoms with Crippen molar-refractivity contribution >= 4 is 5.91 Å². The van der Waals surface area contributed by atoms with Crippen LogP contribution in [0.5, 0.6) is 11.5 Å². The number of benzene rings is 2. The number of aryl methyl sites for hydroxylation is 3. The van der Waals surface area contributed by atoms with Crippen molar-refractivity contribution in [3.8, 4) is 11.5 Å². The molecule has 1 N–H and O–H groups in total. The van der Waals surface area contributed by atoms with Crippen LogP contribution in [-0.2, 0) is 4.79 Å². The van der Waals surface area contributed by atoms with Crippen LogP contribution in [0.25, 0.3) is 0 Å². The van der Waals surface area contributed by atoms with Crippen LogP contribution >= 0.6 is 0 Å². The first-order valence-electron chi connectivity index (χ1n) is 9.58. The largest absolute Gasteiger partial charge is 0.496 e. The summed E-state index contributed by atoms with van der Waals surface area (Å²) in [4.78, 5) is 12.9. The minimum Gasteiger partial charge on any atom is -0.496 e. The number of carbonyl (C=O) groups is 1. The van der Waals surface area contributed by atoms with Gasteiger partial charge in [-0.15, -0.1) is 0 Å². The van der Waals surface area contributed by atoms with Crippen molar-refractivity contribution < 1.29 is 14.3 Å². The third-order valence-electron chi connectivity index (χ3n) is 4.82. The molecule has 4 nitrogen and oxygen atoms in total. The molecule has 0 aromatic heterocycles. The van der Waals surface area contributed by atoms with Gasteiger partial charge in [0.15, 0.2) is 6.10 Å². The molecule has 4 heteroatoms. The lowest BCUT2D eigenvalue weighted by atomic mass is 10.0. The van der Waals surface area contributed by atoms with E-state index in [1.807, 2.05) is 58.0 Å². The van der Waals surface area contributed by atoms with Crippen molar-refractivity contribution in [2.24, 2.45) is 0 Å². The Labute approximate surface area is 162 Å². The summed E-state index contributed by atoms with van der Waals surface area (Å²) in [5.41, 5.74) is 4.28. The number of rotatable bonds is 8. The zero-order valence-corrected chi connectivity index (χ0v) is 17.3. The first-order valence-corrected chi connectivity index (χ1v) is 9.58. The lowest BCUT2D eigenvalue weighted by molar-refractivity contribution is -0.129. The van der Waals surface area contributed by atoms with Crippen molar-refractivity contribution in [3.05, 3.63) is 58.7 Å². The average molecular weight is 370 g/mol. The zero-order valence-electron chi connectivity index (χ0n) is 17.3.